The van der Waals surface area contributed by atoms with Crippen LogP contribution in [0.1, 0.15) is 0 Å². The maximum absolute atomic E-state index is 12.9. The highest BCUT2D eigenvalue weighted by Gasteiger charge is 2.05. The number of halogens is 2. The lowest BCUT2D eigenvalue weighted by atomic mass is 10.1. The molecule has 1 heterocycles. The Labute approximate surface area is 89.6 Å². The summed E-state index contributed by atoms with van der Waals surface area (Å²) in [5.41, 5.74) is 0.541. The fourth-order valence-electron chi connectivity index (χ4n) is 1.23. The van der Waals surface area contributed by atoms with Gasteiger partial charge in [-0.3, -0.25) is 4.98 Å². The van der Waals surface area contributed by atoms with Gasteiger partial charge in [0.1, 0.15) is 11.0 Å². The highest BCUT2D eigenvalue weighted by Crippen LogP contribution is 2.24. The Bertz CT molecular complexity index is 553. The van der Waals surface area contributed by atoms with E-state index in [1.807, 2.05) is 0 Å². The second-order valence-electron chi connectivity index (χ2n) is 2.93. The topological polar surface area (TPSA) is 45.8 Å². The van der Waals surface area contributed by atoms with Gasteiger partial charge in [0.25, 0.3) is 0 Å². The van der Waals surface area contributed by atoms with Crippen molar-refractivity contribution in [2.75, 3.05) is 0 Å². The van der Waals surface area contributed by atoms with E-state index >= 15 is 0 Å². The van der Waals surface area contributed by atoms with E-state index in [4.69, 9.17) is 11.6 Å². The summed E-state index contributed by atoms with van der Waals surface area (Å²) in [6.07, 6.45) is 1.32. The van der Waals surface area contributed by atoms with E-state index < -0.39 is 5.69 Å². The molecule has 0 bridgehead atoms. The van der Waals surface area contributed by atoms with Gasteiger partial charge in [0.2, 0.25) is 0 Å². The van der Waals surface area contributed by atoms with Gasteiger partial charge in [-0.15, -0.1) is 0 Å². The van der Waals surface area contributed by atoms with Crippen molar-refractivity contribution in [1.29, 1.82) is 0 Å². The highest BCUT2D eigenvalue weighted by atomic mass is 35.5. The maximum atomic E-state index is 12.9. The molecule has 0 saturated heterocycles. The molecule has 2 aromatic rings. The van der Waals surface area contributed by atoms with Crippen molar-refractivity contribution in [3.63, 3.8) is 0 Å². The first-order chi connectivity index (χ1) is 7.16. The molecule has 2 rings (SSSR count). The molecular formula is C10H6ClFN2O. The Balaban J connectivity index is 2.59. The van der Waals surface area contributed by atoms with Crippen molar-refractivity contribution in [3.05, 3.63) is 51.9 Å². The summed E-state index contributed by atoms with van der Waals surface area (Å²) in [7, 11) is 0. The Morgan fingerprint density at radius 2 is 2.20 bits per heavy atom. The van der Waals surface area contributed by atoms with Crippen LogP contribution in [0.15, 0.2) is 35.3 Å². The van der Waals surface area contributed by atoms with Crippen molar-refractivity contribution in [3.8, 4) is 11.1 Å². The summed E-state index contributed by atoms with van der Waals surface area (Å²) in [4.78, 5) is 16.7. The monoisotopic (exact) mass is 224 g/mol. The van der Waals surface area contributed by atoms with E-state index in [0.29, 0.717) is 11.1 Å². The van der Waals surface area contributed by atoms with Crippen LogP contribution >= 0.6 is 11.6 Å². The molecule has 0 aliphatic rings. The first-order valence-corrected chi connectivity index (χ1v) is 4.55. The lowest BCUT2D eigenvalue weighted by molar-refractivity contribution is 0.628. The number of hydrogen-bond acceptors (Lipinski definition) is 2. The van der Waals surface area contributed by atoms with Crippen LogP contribution < -0.4 is 5.69 Å². The number of H-pyrrole nitrogens is 1. The first kappa shape index (κ1) is 9.86. The molecule has 5 heteroatoms. The number of nitrogens with one attached hydrogen (secondary N) is 1. The van der Waals surface area contributed by atoms with Crippen molar-refractivity contribution >= 4 is 11.6 Å². The minimum Gasteiger partial charge on any atom is -0.296 e. The molecule has 0 radical (unpaired) electrons. The van der Waals surface area contributed by atoms with Crippen LogP contribution in [-0.4, -0.2) is 9.97 Å². The number of nitrogens with zero attached hydrogens (tertiary/aromatic N) is 1. The third-order valence-electron chi connectivity index (χ3n) is 1.90. The van der Waals surface area contributed by atoms with Crippen LogP contribution in [0.4, 0.5) is 4.39 Å². The molecule has 76 valence electrons. The smallest absolute Gasteiger partial charge is 0.296 e. The summed E-state index contributed by atoms with van der Waals surface area (Å²) in [5, 5.41) is 0.153. The van der Waals surface area contributed by atoms with Gasteiger partial charge in [-0.2, -0.15) is 0 Å². The zero-order chi connectivity index (χ0) is 10.8. The van der Waals surface area contributed by atoms with E-state index in [1.165, 1.54) is 18.3 Å². The summed E-state index contributed by atoms with van der Waals surface area (Å²) < 4.78 is 12.9. The minimum absolute atomic E-state index is 0.153. The molecule has 15 heavy (non-hydrogen) atoms. The number of hydrogen-bond donors (Lipinski definition) is 1. The number of rotatable bonds is 1. The van der Waals surface area contributed by atoms with Crippen LogP contribution in [0.2, 0.25) is 5.15 Å². The average molecular weight is 225 g/mol. The molecule has 1 aromatic carbocycles. The van der Waals surface area contributed by atoms with Gasteiger partial charge in [-0.25, -0.2) is 14.2 Å². The fourth-order valence-corrected chi connectivity index (χ4v) is 1.47. The van der Waals surface area contributed by atoms with Crippen molar-refractivity contribution in [1.82, 2.24) is 9.97 Å². The summed E-state index contributed by atoms with van der Waals surface area (Å²) in [6, 6.07) is 5.90. The fraction of sp³-hybridized carbons (Fsp3) is 0. The van der Waals surface area contributed by atoms with E-state index in [1.54, 1.807) is 12.1 Å². The van der Waals surface area contributed by atoms with Crippen molar-refractivity contribution in [2.24, 2.45) is 0 Å². The van der Waals surface area contributed by atoms with Gasteiger partial charge < -0.3 is 0 Å². The second-order valence-corrected chi connectivity index (χ2v) is 3.30. The van der Waals surface area contributed by atoms with Crippen molar-refractivity contribution in [2.45, 2.75) is 0 Å². The molecule has 0 atom stereocenters. The standard InChI is InChI=1S/C10H6ClFN2O/c11-9-8(5-13-10(15)14-9)6-2-1-3-7(12)4-6/h1-5H,(H,13,14,15). The Morgan fingerprint density at radius 3 is 2.87 bits per heavy atom. The first-order valence-electron chi connectivity index (χ1n) is 4.17. The molecule has 0 spiro atoms. The third-order valence-corrected chi connectivity index (χ3v) is 2.20. The Kier molecular flexibility index (Phi) is 2.51. The maximum Gasteiger partial charge on any atom is 0.346 e. The molecule has 1 aromatic heterocycles. The molecule has 0 saturated carbocycles. The molecular weight excluding hydrogens is 219 g/mol. The van der Waals surface area contributed by atoms with E-state index in [9.17, 15) is 9.18 Å². The second kappa shape index (κ2) is 3.82. The van der Waals surface area contributed by atoms with Crippen LogP contribution in [0.3, 0.4) is 0 Å². The quantitative estimate of drug-likeness (QED) is 0.755. The minimum atomic E-state index is -0.528. The van der Waals surface area contributed by atoms with Gasteiger partial charge in [-0.05, 0) is 17.7 Å². The molecule has 0 aliphatic carbocycles. The van der Waals surface area contributed by atoms with Gasteiger partial charge >= 0.3 is 5.69 Å². The summed E-state index contributed by atoms with van der Waals surface area (Å²) in [5.74, 6) is -0.366. The predicted molar refractivity (Wildman–Crippen MR) is 55.3 cm³/mol. The van der Waals surface area contributed by atoms with Crippen LogP contribution in [0.25, 0.3) is 11.1 Å². The molecule has 0 aliphatic heterocycles. The van der Waals surface area contributed by atoms with Gasteiger partial charge in [0.05, 0.1) is 0 Å². The third kappa shape index (κ3) is 2.05. The summed E-state index contributed by atoms with van der Waals surface area (Å²) in [6.45, 7) is 0. The largest absolute Gasteiger partial charge is 0.346 e. The number of aromatic nitrogens is 2. The van der Waals surface area contributed by atoms with Crippen LogP contribution in [0, 0.1) is 5.82 Å². The number of benzene rings is 1. The molecule has 0 fully saturated rings. The van der Waals surface area contributed by atoms with E-state index in [0.717, 1.165) is 0 Å². The van der Waals surface area contributed by atoms with Gasteiger partial charge in [0.15, 0.2) is 0 Å². The van der Waals surface area contributed by atoms with E-state index in [2.05, 4.69) is 9.97 Å². The molecule has 0 amide bonds. The van der Waals surface area contributed by atoms with E-state index in [-0.39, 0.29) is 11.0 Å². The molecule has 3 nitrogen and oxygen atoms in total. The van der Waals surface area contributed by atoms with Gasteiger partial charge in [-0.1, -0.05) is 23.7 Å². The Hall–Kier alpha value is -1.68. The zero-order valence-corrected chi connectivity index (χ0v) is 8.25. The average Bonchev–Trinajstić information content (AvgIpc) is 2.17. The normalized spacial score (nSPS) is 10.3. The lowest BCUT2D eigenvalue weighted by Crippen LogP contribution is -2.09. The Morgan fingerprint density at radius 1 is 1.40 bits per heavy atom. The summed E-state index contributed by atoms with van der Waals surface area (Å²) >= 11 is 5.80. The van der Waals surface area contributed by atoms with Crippen LogP contribution in [0.5, 0.6) is 0 Å². The highest BCUT2D eigenvalue weighted by molar-refractivity contribution is 6.32. The lowest BCUT2D eigenvalue weighted by Gasteiger charge is -2.02. The van der Waals surface area contributed by atoms with Gasteiger partial charge in [0, 0.05) is 11.8 Å². The zero-order valence-electron chi connectivity index (χ0n) is 7.50. The predicted octanol–water partition coefficient (Wildman–Crippen LogP) is 2.23. The van der Waals surface area contributed by atoms with Crippen molar-refractivity contribution < 1.29 is 4.39 Å². The SMILES string of the molecule is O=c1ncc(-c2cccc(F)c2)c(Cl)[nH]1. The van der Waals surface area contributed by atoms with Crippen LogP contribution in [-0.2, 0) is 0 Å². The molecule has 0 unspecified atom stereocenters. The molecule has 1 N–H and O–H groups in total. The number of aromatic amines is 1.